The number of thiophene rings is 1. The molecule has 0 spiro atoms. The van der Waals surface area contributed by atoms with E-state index in [2.05, 4.69) is 21.4 Å². The molecule has 2 aliphatic rings. The molecule has 0 radical (unpaired) electrons. The SMILES string of the molecule is O=C1C2CCCCC2NC(c2cccs2)N1c1cnccn1. The Morgan fingerprint density at radius 3 is 2.95 bits per heavy atom. The van der Waals surface area contributed by atoms with Crippen molar-refractivity contribution in [3.8, 4) is 0 Å². The largest absolute Gasteiger partial charge is 0.289 e. The third kappa shape index (κ3) is 2.32. The number of anilines is 1. The number of nitrogens with zero attached hydrogens (tertiary/aromatic N) is 3. The van der Waals surface area contributed by atoms with Crippen molar-refractivity contribution in [1.29, 1.82) is 0 Å². The van der Waals surface area contributed by atoms with E-state index in [1.165, 1.54) is 6.42 Å². The van der Waals surface area contributed by atoms with Crippen molar-refractivity contribution in [3.63, 3.8) is 0 Å². The fraction of sp³-hybridized carbons (Fsp3) is 0.438. The number of carbonyl (C=O) groups is 1. The van der Waals surface area contributed by atoms with Gasteiger partial charge in [-0.25, -0.2) is 4.98 Å². The van der Waals surface area contributed by atoms with Crippen LogP contribution in [0.4, 0.5) is 5.82 Å². The molecule has 1 amide bonds. The van der Waals surface area contributed by atoms with Crippen LogP contribution in [-0.4, -0.2) is 21.9 Å². The fourth-order valence-electron chi connectivity index (χ4n) is 3.53. The molecule has 0 bridgehead atoms. The summed E-state index contributed by atoms with van der Waals surface area (Å²) in [6.45, 7) is 0. The van der Waals surface area contributed by atoms with Crippen molar-refractivity contribution in [2.24, 2.45) is 5.92 Å². The van der Waals surface area contributed by atoms with Crippen molar-refractivity contribution in [2.45, 2.75) is 37.9 Å². The van der Waals surface area contributed by atoms with E-state index in [0.717, 1.165) is 24.1 Å². The van der Waals surface area contributed by atoms with E-state index in [4.69, 9.17) is 0 Å². The number of aromatic nitrogens is 2. The van der Waals surface area contributed by atoms with E-state index in [-0.39, 0.29) is 24.0 Å². The van der Waals surface area contributed by atoms with E-state index in [9.17, 15) is 4.79 Å². The van der Waals surface area contributed by atoms with Crippen LogP contribution in [0.3, 0.4) is 0 Å². The third-order valence-corrected chi connectivity index (χ3v) is 5.48. The van der Waals surface area contributed by atoms with Crippen LogP contribution in [0.15, 0.2) is 36.1 Å². The van der Waals surface area contributed by atoms with Crippen molar-refractivity contribution in [1.82, 2.24) is 15.3 Å². The maximum absolute atomic E-state index is 13.1. The Morgan fingerprint density at radius 2 is 2.18 bits per heavy atom. The van der Waals surface area contributed by atoms with Crippen molar-refractivity contribution in [3.05, 3.63) is 41.0 Å². The third-order valence-electron chi connectivity index (χ3n) is 4.56. The lowest BCUT2D eigenvalue weighted by Gasteiger charge is -2.45. The van der Waals surface area contributed by atoms with Crippen LogP contribution in [0.1, 0.15) is 36.7 Å². The summed E-state index contributed by atoms with van der Waals surface area (Å²) in [6.07, 6.45) is 9.18. The van der Waals surface area contributed by atoms with Crippen molar-refractivity contribution >= 4 is 23.1 Å². The van der Waals surface area contributed by atoms with Gasteiger partial charge >= 0.3 is 0 Å². The normalized spacial score (nSPS) is 28.5. The molecule has 1 aliphatic heterocycles. The zero-order valence-corrected chi connectivity index (χ0v) is 13.0. The van der Waals surface area contributed by atoms with Crippen LogP contribution >= 0.6 is 11.3 Å². The standard InChI is InChI=1S/C16H18N4OS/c21-16-11-4-1-2-5-12(11)19-15(13-6-3-9-22-13)20(16)14-10-17-7-8-18-14/h3,6-12,15,19H,1-2,4-5H2. The lowest BCUT2D eigenvalue weighted by atomic mass is 9.81. The summed E-state index contributed by atoms with van der Waals surface area (Å²) >= 11 is 1.66. The highest BCUT2D eigenvalue weighted by Crippen LogP contribution is 2.38. The topological polar surface area (TPSA) is 58.1 Å². The van der Waals surface area contributed by atoms with Gasteiger partial charge in [0.2, 0.25) is 5.91 Å². The molecule has 1 N–H and O–H groups in total. The Kier molecular flexibility index (Phi) is 3.63. The van der Waals surface area contributed by atoms with Crippen molar-refractivity contribution in [2.75, 3.05) is 4.90 Å². The van der Waals surface area contributed by atoms with Gasteiger partial charge in [0, 0.05) is 23.3 Å². The molecule has 4 rings (SSSR count). The Labute approximate surface area is 133 Å². The Hall–Kier alpha value is -1.79. The van der Waals surface area contributed by atoms with Gasteiger partial charge in [-0.3, -0.25) is 20.0 Å². The van der Waals surface area contributed by atoms with Gasteiger partial charge in [-0.2, -0.15) is 0 Å². The summed E-state index contributed by atoms with van der Waals surface area (Å²) in [5, 5.41) is 5.73. The number of hydrogen-bond acceptors (Lipinski definition) is 5. The number of fused-ring (bicyclic) bond motifs is 1. The van der Waals surface area contributed by atoms with Gasteiger partial charge in [-0.15, -0.1) is 11.3 Å². The van der Waals surface area contributed by atoms with Gasteiger partial charge in [0.25, 0.3) is 0 Å². The summed E-state index contributed by atoms with van der Waals surface area (Å²) in [7, 11) is 0. The summed E-state index contributed by atoms with van der Waals surface area (Å²) in [5.41, 5.74) is 0. The van der Waals surface area contributed by atoms with Crippen LogP contribution < -0.4 is 10.2 Å². The van der Waals surface area contributed by atoms with Crippen LogP contribution in [0.2, 0.25) is 0 Å². The number of nitrogens with one attached hydrogen (secondary N) is 1. The second kappa shape index (κ2) is 5.78. The van der Waals surface area contributed by atoms with Gasteiger partial charge in [0.15, 0.2) is 5.82 Å². The molecule has 2 fully saturated rings. The van der Waals surface area contributed by atoms with Gasteiger partial charge in [-0.05, 0) is 24.3 Å². The van der Waals surface area contributed by atoms with E-state index in [0.29, 0.717) is 5.82 Å². The predicted molar refractivity (Wildman–Crippen MR) is 85.5 cm³/mol. The van der Waals surface area contributed by atoms with Crippen LogP contribution in [0, 0.1) is 5.92 Å². The minimum atomic E-state index is -0.136. The first-order valence-corrected chi connectivity index (χ1v) is 8.61. The number of rotatable bonds is 2. The number of hydrogen-bond donors (Lipinski definition) is 1. The second-order valence-electron chi connectivity index (χ2n) is 5.85. The molecule has 22 heavy (non-hydrogen) atoms. The maximum atomic E-state index is 13.1. The smallest absolute Gasteiger partial charge is 0.234 e. The highest BCUT2D eigenvalue weighted by atomic mass is 32.1. The second-order valence-corrected chi connectivity index (χ2v) is 6.83. The molecule has 114 valence electrons. The predicted octanol–water partition coefficient (Wildman–Crippen LogP) is 2.73. The molecule has 3 heterocycles. The molecule has 5 nitrogen and oxygen atoms in total. The first kappa shape index (κ1) is 13.8. The number of amides is 1. The maximum Gasteiger partial charge on any atom is 0.234 e. The Bertz CT molecular complexity index is 645. The van der Waals surface area contributed by atoms with Gasteiger partial charge < -0.3 is 0 Å². The van der Waals surface area contributed by atoms with Crippen LogP contribution in [0.5, 0.6) is 0 Å². The lowest BCUT2D eigenvalue weighted by molar-refractivity contribution is -0.127. The molecule has 1 aliphatic carbocycles. The molecule has 6 heteroatoms. The average molecular weight is 314 g/mol. The van der Waals surface area contributed by atoms with E-state index < -0.39 is 0 Å². The molecular formula is C16H18N4OS. The first-order chi connectivity index (χ1) is 10.8. The monoisotopic (exact) mass is 314 g/mol. The average Bonchev–Trinajstić information content (AvgIpc) is 3.10. The molecule has 1 saturated carbocycles. The van der Waals surface area contributed by atoms with Gasteiger partial charge in [0.05, 0.1) is 12.1 Å². The summed E-state index contributed by atoms with van der Waals surface area (Å²) < 4.78 is 0. The molecule has 0 aromatic carbocycles. The quantitative estimate of drug-likeness (QED) is 0.926. The minimum absolute atomic E-state index is 0.0620. The molecular weight excluding hydrogens is 296 g/mol. The van der Waals surface area contributed by atoms with E-state index in [1.54, 1.807) is 34.8 Å². The molecule has 2 aromatic rings. The zero-order valence-electron chi connectivity index (χ0n) is 12.2. The van der Waals surface area contributed by atoms with Gasteiger partial charge in [0.1, 0.15) is 6.17 Å². The number of carbonyl (C=O) groups excluding carboxylic acids is 1. The molecule has 3 atom stereocenters. The van der Waals surface area contributed by atoms with Gasteiger partial charge in [-0.1, -0.05) is 18.9 Å². The van der Waals surface area contributed by atoms with Crippen molar-refractivity contribution < 1.29 is 4.79 Å². The summed E-state index contributed by atoms with van der Waals surface area (Å²) in [6, 6.07) is 4.37. The zero-order chi connectivity index (χ0) is 14.9. The summed E-state index contributed by atoms with van der Waals surface area (Å²) in [4.78, 5) is 24.5. The lowest BCUT2D eigenvalue weighted by Crippen LogP contribution is -2.59. The Morgan fingerprint density at radius 1 is 1.27 bits per heavy atom. The van der Waals surface area contributed by atoms with Crippen LogP contribution in [-0.2, 0) is 4.79 Å². The van der Waals surface area contributed by atoms with E-state index in [1.807, 2.05) is 11.4 Å². The fourth-order valence-corrected chi connectivity index (χ4v) is 4.30. The highest BCUT2D eigenvalue weighted by molar-refractivity contribution is 7.10. The highest BCUT2D eigenvalue weighted by Gasteiger charge is 2.44. The summed E-state index contributed by atoms with van der Waals surface area (Å²) in [5.74, 6) is 0.872. The Balaban J connectivity index is 1.75. The molecule has 3 unspecified atom stereocenters. The molecule has 1 saturated heterocycles. The minimum Gasteiger partial charge on any atom is -0.289 e. The first-order valence-electron chi connectivity index (χ1n) is 7.73. The van der Waals surface area contributed by atoms with Crippen LogP contribution in [0.25, 0.3) is 0 Å². The van der Waals surface area contributed by atoms with E-state index >= 15 is 0 Å². The molecule has 2 aromatic heterocycles.